The monoisotopic (exact) mass is 318 g/mol. The van der Waals surface area contributed by atoms with Gasteiger partial charge in [-0.1, -0.05) is 13.2 Å². The quantitative estimate of drug-likeness (QED) is 0.816. The van der Waals surface area contributed by atoms with Crippen molar-refractivity contribution < 1.29 is 18.7 Å². The topological polar surface area (TPSA) is 58.6 Å². The Kier molecular flexibility index (Phi) is 5.16. The number of rotatable bonds is 6. The summed E-state index contributed by atoms with van der Waals surface area (Å²) in [6.07, 6.45) is 2.05. The number of hydrogen-bond donors (Lipinski definition) is 1. The fourth-order valence-electron chi connectivity index (χ4n) is 2.71. The highest BCUT2D eigenvalue weighted by molar-refractivity contribution is 5.66. The number of benzene rings is 1. The minimum Gasteiger partial charge on any atom is -0.427 e. The van der Waals surface area contributed by atoms with E-state index in [0.717, 1.165) is 24.2 Å². The Bertz CT molecular complexity index is 657. The molecule has 0 aliphatic carbocycles. The fraction of sp³-hybridized carbons (Fsp3) is 0.294. The molecule has 0 saturated carbocycles. The first kappa shape index (κ1) is 16.7. The van der Waals surface area contributed by atoms with Crippen LogP contribution in [0.1, 0.15) is 18.4 Å². The SMILES string of the molecule is C=C1CCC(N(C)c2cc(F)c(CC=O)cc2OC=O)C(=C)N1. The van der Waals surface area contributed by atoms with Gasteiger partial charge in [0.05, 0.1) is 11.7 Å². The van der Waals surface area contributed by atoms with E-state index >= 15 is 0 Å². The van der Waals surface area contributed by atoms with Gasteiger partial charge in [0.2, 0.25) is 0 Å². The Morgan fingerprint density at radius 3 is 2.78 bits per heavy atom. The lowest BCUT2D eigenvalue weighted by atomic mass is 10.00. The van der Waals surface area contributed by atoms with Crippen LogP contribution in [0.2, 0.25) is 0 Å². The van der Waals surface area contributed by atoms with Gasteiger partial charge in [0.1, 0.15) is 12.1 Å². The van der Waals surface area contributed by atoms with E-state index in [4.69, 9.17) is 4.74 Å². The molecule has 1 atom stereocenters. The van der Waals surface area contributed by atoms with Gasteiger partial charge in [0.25, 0.3) is 6.47 Å². The molecule has 23 heavy (non-hydrogen) atoms. The van der Waals surface area contributed by atoms with Crippen LogP contribution in [0, 0.1) is 5.82 Å². The van der Waals surface area contributed by atoms with Gasteiger partial charge in [-0.2, -0.15) is 0 Å². The zero-order chi connectivity index (χ0) is 17.0. The molecule has 1 aromatic carbocycles. The van der Waals surface area contributed by atoms with Gasteiger partial charge in [-0.05, 0) is 24.5 Å². The molecule has 1 fully saturated rings. The zero-order valence-corrected chi connectivity index (χ0v) is 13.0. The van der Waals surface area contributed by atoms with Crippen molar-refractivity contribution in [2.45, 2.75) is 25.3 Å². The van der Waals surface area contributed by atoms with Gasteiger partial charge in [-0.25, -0.2) is 4.39 Å². The fourth-order valence-corrected chi connectivity index (χ4v) is 2.71. The molecule has 5 nitrogen and oxygen atoms in total. The Labute approximate surface area is 134 Å². The van der Waals surface area contributed by atoms with Crippen molar-refractivity contribution in [2.75, 3.05) is 11.9 Å². The van der Waals surface area contributed by atoms with Crippen LogP contribution in [0.5, 0.6) is 5.75 Å². The van der Waals surface area contributed by atoms with E-state index in [1.165, 1.54) is 12.1 Å². The van der Waals surface area contributed by atoms with Crippen molar-refractivity contribution in [2.24, 2.45) is 0 Å². The van der Waals surface area contributed by atoms with Crippen LogP contribution in [0.3, 0.4) is 0 Å². The molecule has 2 rings (SSSR count). The lowest BCUT2D eigenvalue weighted by molar-refractivity contribution is -0.120. The van der Waals surface area contributed by atoms with E-state index in [1.54, 1.807) is 11.9 Å². The summed E-state index contributed by atoms with van der Waals surface area (Å²) in [7, 11) is 1.78. The highest BCUT2D eigenvalue weighted by Crippen LogP contribution is 2.34. The number of carbonyl (C=O) groups excluding carboxylic acids is 2. The smallest absolute Gasteiger partial charge is 0.298 e. The van der Waals surface area contributed by atoms with Gasteiger partial charge in [-0.15, -0.1) is 0 Å². The van der Waals surface area contributed by atoms with Crippen LogP contribution in [-0.4, -0.2) is 25.8 Å². The average molecular weight is 318 g/mol. The van der Waals surface area contributed by atoms with Crippen LogP contribution < -0.4 is 15.0 Å². The number of hydrogen-bond acceptors (Lipinski definition) is 5. The van der Waals surface area contributed by atoms with Crippen molar-refractivity contribution in [1.82, 2.24) is 5.32 Å². The second-order valence-electron chi connectivity index (χ2n) is 5.42. The maximum atomic E-state index is 14.2. The summed E-state index contributed by atoms with van der Waals surface area (Å²) in [5, 5.41) is 3.10. The van der Waals surface area contributed by atoms with E-state index in [0.29, 0.717) is 12.0 Å². The number of nitrogens with zero attached hydrogens (tertiary/aromatic N) is 1. The first-order chi connectivity index (χ1) is 11.0. The Hall–Kier alpha value is -2.63. The molecule has 1 N–H and O–H groups in total. The molecule has 1 saturated heterocycles. The molecule has 0 amide bonds. The van der Waals surface area contributed by atoms with Gasteiger partial charge >= 0.3 is 0 Å². The molecule has 1 unspecified atom stereocenters. The van der Waals surface area contributed by atoms with Crippen LogP contribution in [0.4, 0.5) is 10.1 Å². The molecule has 0 radical (unpaired) electrons. The highest BCUT2D eigenvalue weighted by atomic mass is 19.1. The first-order valence-electron chi connectivity index (χ1n) is 7.20. The summed E-state index contributed by atoms with van der Waals surface area (Å²) in [5.74, 6) is -0.311. The number of piperidine rings is 1. The lowest BCUT2D eigenvalue weighted by Crippen LogP contribution is -2.41. The number of carbonyl (C=O) groups is 2. The largest absolute Gasteiger partial charge is 0.427 e. The van der Waals surface area contributed by atoms with E-state index < -0.39 is 5.82 Å². The number of anilines is 1. The molecular formula is C17H19FN2O3. The van der Waals surface area contributed by atoms with Crippen molar-refractivity contribution in [3.8, 4) is 5.75 Å². The molecule has 6 heteroatoms. The third-order valence-corrected chi connectivity index (χ3v) is 3.91. The molecule has 1 heterocycles. The average Bonchev–Trinajstić information content (AvgIpc) is 2.50. The molecule has 1 aromatic rings. The van der Waals surface area contributed by atoms with E-state index in [2.05, 4.69) is 18.5 Å². The first-order valence-corrected chi connectivity index (χ1v) is 7.20. The van der Waals surface area contributed by atoms with Gasteiger partial charge < -0.3 is 19.7 Å². The number of ether oxygens (including phenoxy) is 1. The Morgan fingerprint density at radius 1 is 1.43 bits per heavy atom. The molecule has 1 aliphatic heterocycles. The summed E-state index contributed by atoms with van der Waals surface area (Å²) in [5.41, 5.74) is 2.24. The highest BCUT2D eigenvalue weighted by Gasteiger charge is 2.26. The Morgan fingerprint density at radius 2 is 2.17 bits per heavy atom. The van der Waals surface area contributed by atoms with Crippen LogP contribution in [0.25, 0.3) is 0 Å². The zero-order valence-electron chi connectivity index (χ0n) is 13.0. The number of likely N-dealkylation sites (N-methyl/N-ethyl adjacent to an activating group) is 1. The van der Waals surface area contributed by atoms with Gasteiger partial charge in [-0.3, -0.25) is 4.79 Å². The van der Waals surface area contributed by atoms with Gasteiger partial charge in [0, 0.05) is 30.9 Å². The van der Waals surface area contributed by atoms with Crippen LogP contribution >= 0.6 is 0 Å². The van der Waals surface area contributed by atoms with Crippen LogP contribution in [-0.2, 0) is 16.0 Å². The van der Waals surface area contributed by atoms with Crippen LogP contribution in [0.15, 0.2) is 36.7 Å². The normalized spacial score (nSPS) is 17.4. The third-order valence-electron chi connectivity index (χ3n) is 3.91. The minimum absolute atomic E-state index is 0.0808. The molecule has 1 aliphatic rings. The number of halogens is 1. The summed E-state index contributed by atoms with van der Waals surface area (Å²) in [6.45, 7) is 8.13. The summed E-state index contributed by atoms with van der Waals surface area (Å²) in [6, 6.07) is 2.56. The van der Waals surface area contributed by atoms with Crippen molar-refractivity contribution >= 4 is 18.4 Å². The third kappa shape index (κ3) is 3.59. The molecule has 0 spiro atoms. The predicted octanol–water partition coefficient (Wildman–Crippen LogP) is 2.32. The summed E-state index contributed by atoms with van der Waals surface area (Å²) in [4.78, 5) is 23.2. The second kappa shape index (κ2) is 7.09. The Balaban J connectivity index is 2.38. The van der Waals surface area contributed by atoms with Gasteiger partial charge in [0.15, 0.2) is 5.75 Å². The van der Waals surface area contributed by atoms with E-state index in [-0.39, 0.29) is 30.2 Å². The van der Waals surface area contributed by atoms with E-state index in [9.17, 15) is 14.0 Å². The maximum Gasteiger partial charge on any atom is 0.298 e. The second-order valence-corrected chi connectivity index (χ2v) is 5.42. The predicted molar refractivity (Wildman–Crippen MR) is 85.7 cm³/mol. The molecule has 122 valence electrons. The molecule has 0 bridgehead atoms. The molecule has 0 aromatic heterocycles. The number of aldehydes is 1. The maximum absolute atomic E-state index is 14.2. The number of nitrogens with one attached hydrogen (secondary N) is 1. The van der Waals surface area contributed by atoms with Crippen molar-refractivity contribution in [3.05, 3.63) is 48.1 Å². The van der Waals surface area contributed by atoms with E-state index in [1.807, 2.05) is 0 Å². The standard InChI is InChI=1S/C17H19FN2O3/c1-11-4-5-15(12(2)19-11)20(3)16-9-14(18)13(6-7-21)8-17(16)23-10-22/h7-10,15,19H,1-2,4-6H2,3H3. The van der Waals surface area contributed by atoms with Crippen molar-refractivity contribution in [1.29, 1.82) is 0 Å². The lowest BCUT2D eigenvalue weighted by Gasteiger charge is -2.36. The molecular weight excluding hydrogens is 299 g/mol. The minimum atomic E-state index is -0.518. The summed E-state index contributed by atoms with van der Waals surface area (Å²) >= 11 is 0. The van der Waals surface area contributed by atoms with Crippen molar-refractivity contribution in [3.63, 3.8) is 0 Å². The number of allylic oxidation sites excluding steroid dienone is 1. The summed E-state index contributed by atoms with van der Waals surface area (Å²) < 4.78 is 19.1.